The molecule has 0 bridgehead atoms. The number of hydrogen-bond donors (Lipinski definition) is 5. The van der Waals surface area contributed by atoms with Crippen LogP contribution in [0.2, 0.25) is 0 Å². The van der Waals surface area contributed by atoms with Gasteiger partial charge in [0, 0.05) is 6.04 Å². The van der Waals surface area contributed by atoms with Crippen molar-refractivity contribution in [3.63, 3.8) is 0 Å². The van der Waals surface area contributed by atoms with Crippen LogP contribution in [0.3, 0.4) is 0 Å². The second kappa shape index (κ2) is 10.1. The molecule has 3 atom stereocenters. The van der Waals surface area contributed by atoms with E-state index in [4.69, 9.17) is 5.11 Å². The number of benzene rings is 1. The zero-order valence-corrected chi connectivity index (χ0v) is 16.2. The summed E-state index contributed by atoms with van der Waals surface area (Å²) in [5.74, 6) is -1.01. The lowest BCUT2D eigenvalue weighted by molar-refractivity contribution is -0.132. The number of hydrogen-bond acceptors (Lipinski definition) is 4. The fraction of sp³-hybridized carbons (Fsp3) is 0.550. The summed E-state index contributed by atoms with van der Waals surface area (Å²) in [6, 6.07) is 7.43. The summed E-state index contributed by atoms with van der Waals surface area (Å²) < 4.78 is 0. The average Bonchev–Trinajstić information content (AvgIpc) is 3.44. The minimum atomic E-state index is -1.44. The number of carboxylic acid groups (broad SMARTS) is 1. The van der Waals surface area contributed by atoms with Crippen molar-refractivity contribution in [1.29, 1.82) is 0 Å². The normalized spacial score (nSPS) is 16.7. The van der Waals surface area contributed by atoms with Gasteiger partial charge in [0.25, 0.3) is 5.91 Å². The average molecular weight is 391 g/mol. The van der Waals surface area contributed by atoms with Crippen molar-refractivity contribution >= 4 is 17.9 Å². The highest BCUT2D eigenvalue weighted by molar-refractivity contribution is 5.87. The minimum Gasteiger partial charge on any atom is -0.465 e. The molecule has 8 nitrogen and oxygen atoms in total. The Hall–Kier alpha value is -2.61. The molecule has 1 aromatic carbocycles. The number of aliphatic hydroxyl groups excluding tert-OH is 1. The van der Waals surface area contributed by atoms with E-state index in [2.05, 4.69) is 16.0 Å². The molecule has 8 heteroatoms. The summed E-state index contributed by atoms with van der Waals surface area (Å²) in [6.45, 7) is 3.76. The van der Waals surface area contributed by atoms with Crippen molar-refractivity contribution in [3.05, 3.63) is 35.9 Å². The van der Waals surface area contributed by atoms with E-state index in [1.165, 1.54) is 0 Å². The van der Waals surface area contributed by atoms with E-state index in [0.717, 1.165) is 18.4 Å². The molecule has 3 unspecified atom stereocenters. The molecule has 3 amide bonds. The number of carbonyl (C=O) groups excluding carboxylic acids is 2. The monoisotopic (exact) mass is 391 g/mol. The summed E-state index contributed by atoms with van der Waals surface area (Å²) in [7, 11) is 0. The van der Waals surface area contributed by atoms with Crippen LogP contribution >= 0.6 is 0 Å². The van der Waals surface area contributed by atoms with Crippen molar-refractivity contribution in [3.8, 4) is 0 Å². The van der Waals surface area contributed by atoms with Gasteiger partial charge in [-0.2, -0.15) is 0 Å². The van der Waals surface area contributed by atoms with Gasteiger partial charge in [-0.25, -0.2) is 4.79 Å². The molecular formula is C20H29N3O5. The Morgan fingerprint density at radius 3 is 2.25 bits per heavy atom. The van der Waals surface area contributed by atoms with E-state index in [0.29, 0.717) is 6.42 Å². The molecule has 0 spiro atoms. The van der Waals surface area contributed by atoms with Gasteiger partial charge in [0.1, 0.15) is 6.04 Å². The van der Waals surface area contributed by atoms with Crippen LogP contribution in [-0.2, 0) is 16.0 Å². The first-order valence-electron chi connectivity index (χ1n) is 9.58. The van der Waals surface area contributed by atoms with Crippen LogP contribution in [0.1, 0.15) is 38.7 Å². The molecule has 0 heterocycles. The molecular weight excluding hydrogens is 362 g/mol. The van der Waals surface area contributed by atoms with E-state index >= 15 is 0 Å². The van der Waals surface area contributed by atoms with Crippen LogP contribution in [0.15, 0.2) is 30.3 Å². The van der Waals surface area contributed by atoms with Crippen LogP contribution in [0, 0.1) is 5.92 Å². The Labute approximate surface area is 164 Å². The molecule has 0 aliphatic heterocycles. The minimum absolute atomic E-state index is 0.0811. The van der Waals surface area contributed by atoms with Crippen LogP contribution in [-0.4, -0.2) is 52.4 Å². The van der Waals surface area contributed by atoms with Crippen molar-refractivity contribution in [2.45, 2.75) is 63.8 Å². The molecule has 5 N–H and O–H groups in total. The second-order valence-electron chi connectivity index (χ2n) is 7.66. The summed E-state index contributed by atoms with van der Waals surface area (Å²) in [6.07, 6.45) is -0.421. The molecule has 154 valence electrons. The van der Waals surface area contributed by atoms with Crippen LogP contribution < -0.4 is 16.0 Å². The molecule has 0 radical (unpaired) electrons. The third-order valence-electron chi connectivity index (χ3n) is 4.52. The van der Waals surface area contributed by atoms with Crippen molar-refractivity contribution in [2.24, 2.45) is 5.92 Å². The summed E-state index contributed by atoms with van der Waals surface area (Å²) >= 11 is 0. The molecule has 1 aliphatic rings. The number of rotatable bonds is 10. The highest BCUT2D eigenvalue weighted by Gasteiger charge is 2.33. The third-order valence-corrected chi connectivity index (χ3v) is 4.52. The fourth-order valence-corrected chi connectivity index (χ4v) is 2.94. The second-order valence-corrected chi connectivity index (χ2v) is 7.66. The largest absolute Gasteiger partial charge is 0.465 e. The van der Waals surface area contributed by atoms with E-state index in [9.17, 15) is 19.5 Å². The third kappa shape index (κ3) is 7.19. The molecule has 28 heavy (non-hydrogen) atoms. The van der Waals surface area contributed by atoms with Crippen LogP contribution in [0.5, 0.6) is 0 Å². The summed E-state index contributed by atoms with van der Waals surface area (Å²) in [5, 5.41) is 27.2. The maximum atomic E-state index is 12.7. The van der Waals surface area contributed by atoms with Gasteiger partial charge in [-0.15, -0.1) is 0 Å². The SMILES string of the molecule is CC(C)CC(NC(=O)O)C(=O)NC(Cc1ccccc1)C(O)C(=O)NC1CC1. The smallest absolute Gasteiger partial charge is 0.405 e. The van der Waals surface area contributed by atoms with Crippen LogP contribution in [0.4, 0.5) is 4.79 Å². The topological polar surface area (TPSA) is 128 Å². The molecule has 0 aromatic heterocycles. The Morgan fingerprint density at radius 2 is 1.71 bits per heavy atom. The molecule has 2 rings (SSSR count). The van der Waals surface area contributed by atoms with Crippen molar-refractivity contribution < 1.29 is 24.6 Å². The van der Waals surface area contributed by atoms with E-state index < -0.39 is 36.1 Å². The Morgan fingerprint density at radius 1 is 1.07 bits per heavy atom. The summed E-state index contributed by atoms with van der Waals surface area (Å²) in [4.78, 5) is 36.0. The van der Waals surface area contributed by atoms with E-state index in [1.54, 1.807) is 0 Å². The van der Waals surface area contributed by atoms with Crippen LogP contribution in [0.25, 0.3) is 0 Å². The molecule has 0 saturated heterocycles. The first-order chi connectivity index (χ1) is 13.3. The fourth-order valence-electron chi connectivity index (χ4n) is 2.94. The molecule has 1 aromatic rings. The molecule has 1 aliphatic carbocycles. The first-order valence-corrected chi connectivity index (χ1v) is 9.58. The maximum absolute atomic E-state index is 12.7. The van der Waals surface area contributed by atoms with Gasteiger partial charge in [-0.1, -0.05) is 44.2 Å². The Balaban J connectivity index is 2.12. The highest BCUT2D eigenvalue weighted by Crippen LogP contribution is 2.19. The quantitative estimate of drug-likeness (QED) is 0.407. The Bertz CT molecular complexity index is 676. The van der Waals surface area contributed by atoms with Gasteiger partial charge in [-0.3, -0.25) is 9.59 Å². The van der Waals surface area contributed by atoms with Gasteiger partial charge in [-0.05, 0) is 37.2 Å². The van der Waals surface area contributed by atoms with Gasteiger partial charge in [0.05, 0.1) is 6.04 Å². The van der Waals surface area contributed by atoms with Crippen molar-refractivity contribution in [2.75, 3.05) is 0 Å². The van der Waals surface area contributed by atoms with Crippen molar-refractivity contribution in [1.82, 2.24) is 16.0 Å². The van der Waals surface area contributed by atoms with E-state index in [1.807, 2.05) is 44.2 Å². The van der Waals surface area contributed by atoms with Gasteiger partial charge in [0.2, 0.25) is 5.91 Å². The lowest BCUT2D eigenvalue weighted by Crippen LogP contribution is -2.56. The van der Waals surface area contributed by atoms with E-state index in [-0.39, 0.29) is 18.4 Å². The molecule has 1 saturated carbocycles. The number of nitrogens with one attached hydrogen (secondary N) is 3. The zero-order valence-electron chi connectivity index (χ0n) is 16.2. The Kier molecular flexibility index (Phi) is 7.80. The number of aliphatic hydroxyl groups is 1. The number of amides is 3. The first kappa shape index (κ1) is 21.7. The standard InChI is InChI=1S/C20H29N3O5/c1-12(2)10-16(23-20(27)28)18(25)22-15(11-13-6-4-3-5-7-13)17(24)19(26)21-14-8-9-14/h3-7,12,14-17,23-24H,8-11H2,1-2H3,(H,21,26)(H,22,25)(H,27,28). The predicted molar refractivity (Wildman–Crippen MR) is 104 cm³/mol. The van der Waals surface area contributed by atoms with Gasteiger partial charge < -0.3 is 26.2 Å². The van der Waals surface area contributed by atoms with Gasteiger partial charge in [0.15, 0.2) is 6.10 Å². The highest BCUT2D eigenvalue weighted by atomic mass is 16.4. The summed E-state index contributed by atoms with van der Waals surface area (Å²) in [5.41, 5.74) is 0.845. The number of carbonyl (C=O) groups is 3. The maximum Gasteiger partial charge on any atom is 0.405 e. The zero-order chi connectivity index (χ0) is 20.7. The predicted octanol–water partition coefficient (Wildman–Crippen LogP) is 1.04. The lowest BCUT2D eigenvalue weighted by Gasteiger charge is -2.27. The molecule has 1 fully saturated rings. The lowest BCUT2D eigenvalue weighted by atomic mass is 9.98. The van der Waals surface area contributed by atoms with Gasteiger partial charge >= 0.3 is 6.09 Å².